The zero-order chi connectivity index (χ0) is 14.2. The minimum absolute atomic E-state index is 0.0869. The fourth-order valence-corrected chi connectivity index (χ4v) is 2.72. The van der Waals surface area contributed by atoms with Crippen molar-refractivity contribution in [3.63, 3.8) is 0 Å². The summed E-state index contributed by atoms with van der Waals surface area (Å²) in [6.07, 6.45) is 0.220. The molecule has 0 aliphatic heterocycles. The molecule has 1 aromatic heterocycles. The molecule has 0 fully saturated rings. The molecule has 1 aromatic carbocycles. The number of hydrogen-bond acceptors (Lipinski definition) is 2. The zero-order valence-corrected chi connectivity index (χ0v) is 13.5. The van der Waals surface area contributed by atoms with Crippen LogP contribution in [0.2, 0.25) is 10.0 Å². The fraction of sp³-hybridized carbons (Fsp3) is 0.231. The van der Waals surface area contributed by atoms with Gasteiger partial charge in [-0.15, -0.1) is 0 Å². The van der Waals surface area contributed by atoms with Gasteiger partial charge in [0.05, 0.1) is 32.3 Å². The molecule has 3 nitrogen and oxygen atoms in total. The third kappa shape index (κ3) is 2.86. The fourth-order valence-electron chi connectivity index (χ4n) is 1.84. The monoisotopic (exact) mass is 360 g/mol. The maximum atomic E-state index is 12.3. The van der Waals surface area contributed by atoms with E-state index in [0.717, 1.165) is 15.9 Å². The second kappa shape index (κ2) is 5.65. The molecule has 6 heteroatoms. The predicted octanol–water partition coefficient (Wildman–Crippen LogP) is 4.22. The van der Waals surface area contributed by atoms with Crippen LogP contribution in [0.15, 0.2) is 22.7 Å². The number of benzene rings is 1. The van der Waals surface area contributed by atoms with Gasteiger partial charge in [0.25, 0.3) is 0 Å². The molecular weight excluding hydrogens is 351 g/mol. The van der Waals surface area contributed by atoms with Crippen molar-refractivity contribution < 1.29 is 4.79 Å². The molecule has 0 aliphatic rings. The van der Waals surface area contributed by atoms with Crippen molar-refractivity contribution in [1.82, 2.24) is 9.78 Å². The minimum Gasteiger partial charge on any atom is -0.294 e. The van der Waals surface area contributed by atoms with Gasteiger partial charge in [0.1, 0.15) is 0 Å². The van der Waals surface area contributed by atoms with E-state index in [4.69, 9.17) is 23.2 Å². The molecule has 0 aliphatic carbocycles. The number of aryl methyl sites for hydroxylation is 2. The van der Waals surface area contributed by atoms with E-state index in [0.29, 0.717) is 15.6 Å². The van der Waals surface area contributed by atoms with Gasteiger partial charge in [0, 0.05) is 12.6 Å². The summed E-state index contributed by atoms with van der Waals surface area (Å²) < 4.78 is 2.54. The Balaban J connectivity index is 2.34. The number of carbonyl (C=O) groups excluding carboxylic acids is 1. The second-order valence-corrected chi connectivity index (χ2v) is 5.75. The summed E-state index contributed by atoms with van der Waals surface area (Å²) in [7, 11) is 1.81. The molecule has 2 rings (SSSR count). The van der Waals surface area contributed by atoms with Gasteiger partial charge in [-0.1, -0.05) is 29.3 Å². The quantitative estimate of drug-likeness (QED) is 0.767. The highest BCUT2D eigenvalue weighted by Crippen LogP contribution is 2.28. The molecule has 0 saturated carbocycles. The van der Waals surface area contributed by atoms with Crippen LogP contribution in [0, 0.1) is 6.92 Å². The number of carbonyl (C=O) groups is 1. The Morgan fingerprint density at radius 1 is 1.42 bits per heavy atom. The van der Waals surface area contributed by atoms with Crippen molar-refractivity contribution in [2.45, 2.75) is 13.3 Å². The van der Waals surface area contributed by atoms with Crippen LogP contribution in [0.4, 0.5) is 0 Å². The lowest BCUT2D eigenvalue weighted by atomic mass is 10.1. The first kappa shape index (κ1) is 14.6. The third-order valence-corrected chi connectivity index (χ3v) is 4.69. The summed E-state index contributed by atoms with van der Waals surface area (Å²) in [5.74, 6) is -0.0869. The second-order valence-electron chi connectivity index (χ2n) is 4.17. The van der Waals surface area contributed by atoms with Crippen molar-refractivity contribution >= 4 is 44.9 Å². The summed E-state index contributed by atoms with van der Waals surface area (Å²) in [5, 5.41) is 4.93. The lowest BCUT2D eigenvalue weighted by Crippen LogP contribution is -2.09. The van der Waals surface area contributed by atoms with Crippen LogP contribution in [0.25, 0.3) is 0 Å². The summed E-state index contributed by atoms with van der Waals surface area (Å²) in [6.45, 7) is 1.88. The van der Waals surface area contributed by atoms with Crippen LogP contribution in [-0.4, -0.2) is 15.6 Å². The van der Waals surface area contributed by atoms with Gasteiger partial charge in [0.2, 0.25) is 0 Å². The molecule has 0 N–H and O–H groups in total. The SMILES string of the molecule is Cc1nn(C)c(CC(=O)c2cccc(Cl)c2Cl)c1Br. The van der Waals surface area contributed by atoms with Crippen LogP contribution in [0.1, 0.15) is 21.7 Å². The average molecular weight is 362 g/mol. The summed E-state index contributed by atoms with van der Waals surface area (Å²) in [4.78, 5) is 12.3. The molecule has 0 bridgehead atoms. The van der Waals surface area contributed by atoms with Crippen LogP contribution >= 0.6 is 39.1 Å². The van der Waals surface area contributed by atoms with Crippen LogP contribution in [0.3, 0.4) is 0 Å². The highest BCUT2D eigenvalue weighted by atomic mass is 79.9. The third-order valence-electron chi connectivity index (χ3n) is 2.84. The van der Waals surface area contributed by atoms with Crippen molar-refractivity contribution in [3.8, 4) is 0 Å². The lowest BCUT2D eigenvalue weighted by Gasteiger charge is -2.06. The summed E-state index contributed by atoms with van der Waals surface area (Å²) in [5.41, 5.74) is 2.10. The van der Waals surface area contributed by atoms with Crippen molar-refractivity contribution in [1.29, 1.82) is 0 Å². The zero-order valence-electron chi connectivity index (χ0n) is 10.4. The maximum Gasteiger partial charge on any atom is 0.170 e. The normalized spacial score (nSPS) is 10.8. The van der Waals surface area contributed by atoms with Crippen molar-refractivity contribution in [2.75, 3.05) is 0 Å². The number of hydrogen-bond donors (Lipinski definition) is 0. The molecular formula is C13H11BrCl2N2O. The Hall–Kier alpha value is -0.840. The number of ketones is 1. The summed E-state index contributed by atoms with van der Waals surface area (Å²) in [6, 6.07) is 5.05. The molecule has 0 atom stereocenters. The standard InChI is InChI=1S/C13H11BrCl2N2O/c1-7-12(14)10(18(2)17-7)6-11(19)8-4-3-5-9(15)13(8)16/h3-5H,6H2,1-2H3. The molecule has 100 valence electrons. The number of nitrogens with zero attached hydrogens (tertiary/aromatic N) is 2. The highest BCUT2D eigenvalue weighted by molar-refractivity contribution is 9.10. The first-order chi connectivity index (χ1) is 8.91. The Kier molecular flexibility index (Phi) is 4.33. The number of rotatable bonds is 3. The maximum absolute atomic E-state index is 12.3. The van der Waals surface area contributed by atoms with Gasteiger partial charge in [-0.2, -0.15) is 5.10 Å². The molecule has 0 saturated heterocycles. The van der Waals surface area contributed by atoms with Crippen molar-refractivity contribution in [3.05, 3.63) is 49.7 Å². The minimum atomic E-state index is -0.0869. The van der Waals surface area contributed by atoms with E-state index < -0.39 is 0 Å². The molecule has 19 heavy (non-hydrogen) atoms. The van der Waals surface area contributed by atoms with Gasteiger partial charge in [0.15, 0.2) is 5.78 Å². The van der Waals surface area contributed by atoms with E-state index in [1.165, 1.54) is 0 Å². The van der Waals surface area contributed by atoms with Crippen LogP contribution in [-0.2, 0) is 13.5 Å². The number of halogens is 3. The predicted molar refractivity (Wildman–Crippen MR) is 80.1 cm³/mol. The average Bonchev–Trinajstić information content (AvgIpc) is 2.59. The highest BCUT2D eigenvalue weighted by Gasteiger charge is 2.18. The topological polar surface area (TPSA) is 34.9 Å². The first-order valence-corrected chi connectivity index (χ1v) is 7.12. The van der Waals surface area contributed by atoms with Crippen molar-refractivity contribution in [2.24, 2.45) is 7.05 Å². The number of aromatic nitrogens is 2. The molecule has 0 spiro atoms. The van der Waals surface area contributed by atoms with Gasteiger partial charge in [-0.05, 0) is 35.0 Å². The van der Waals surface area contributed by atoms with Crippen LogP contribution < -0.4 is 0 Å². The van der Waals surface area contributed by atoms with Gasteiger partial charge < -0.3 is 0 Å². The van der Waals surface area contributed by atoms with Crippen LogP contribution in [0.5, 0.6) is 0 Å². The number of Topliss-reactive ketones (excluding diaryl/α,β-unsaturated/α-hetero) is 1. The molecule has 0 radical (unpaired) electrons. The van der Waals surface area contributed by atoms with E-state index in [1.54, 1.807) is 29.9 Å². The molecule has 2 aromatic rings. The Labute approximate surface area is 129 Å². The van der Waals surface area contributed by atoms with E-state index >= 15 is 0 Å². The molecule has 0 amide bonds. The molecule has 0 unspecified atom stereocenters. The Morgan fingerprint density at radius 3 is 2.68 bits per heavy atom. The smallest absolute Gasteiger partial charge is 0.170 e. The first-order valence-electron chi connectivity index (χ1n) is 5.57. The summed E-state index contributed by atoms with van der Waals surface area (Å²) >= 11 is 15.4. The van der Waals surface area contributed by atoms with E-state index in [1.807, 2.05) is 6.92 Å². The molecule has 1 heterocycles. The largest absolute Gasteiger partial charge is 0.294 e. The van der Waals surface area contributed by atoms with Gasteiger partial charge >= 0.3 is 0 Å². The van der Waals surface area contributed by atoms with Gasteiger partial charge in [-0.25, -0.2) is 0 Å². The van der Waals surface area contributed by atoms with Gasteiger partial charge in [-0.3, -0.25) is 9.48 Å². The Bertz CT molecular complexity index is 652. The van der Waals surface area contributed by atoms with E-state index in [2.05, 4.69) is 21.0 Å². The van der Waals surface area contributed by atoms with E-state index in [9.17, 15) is 4.79 Å². The lowest BCUT2D eigenvalue weighted by molar-refractivity contribution is 0.0990. The Morgan fingerprint density at radius 2 is 2.11 bits per heavy atom. The van der Waals surface area contributed by atoms with E-state index in [-0.39, 0.29) is 12.2 Å².